The molecule has 4 nitrogen and oxygen atoms in total. The summed E-state index contributed by atoms with van der Waals surface area (Å²) in [5, 5.41) is 0. The molecule has 0 heterocycles. The van der Waals surface area contributed by atoms with Crippen LogP contribution in [0.15, 0.2) is 0 Å². The zero-order valence-corrected chi connectivity index (χ0v) is 15.3. The zero-order chi connectivity index (χ0) is 17.0. The lowest BCUT2D eigenvalue weighted by molar-refractivity contribution is -0.173. The van der Waals surface area contributed by atoms with Crippen LogP contribution in [0.2, 0.25) is 0 Å². The molecule has 0 aliphatic rings. The number of carbonyl (C=O) groups excluding carboxylic acids is 2. The monoisotopic (exact) mass is 354 g/mol. The highest BCUT2D eigenvalue weighted by atomic mass is 35.5. The van der Waals surface area contributed by atoms with Crippen LogP contribution in [0.3, 0.4) is 0 Å². The van der Waals surface area contributed by atoms with Gasteiger partial charge in [-0.2, -0.15) is 0 Å². The summed E-state index contributed by atoms with van der Waals surface area (Å²) in [5.41, 5.74) is -1.26. The molecule has 0 amide bonds. The van der Waals surface area contributed by atoms with Crippen molar-refractivity contribution in [3.63, 3.8) is 0 Å². The Morgan fingerprint density at radius 3 is 1.95 bits per heavy atom. The van der Waals surface area contributed by atoms with E-state index >= 15 is 0 Å². The van der Waals surface area contributed by atoms with E-state index in [2.05, 4.69) is 6.92 Å². The van der Waals surface area contributed by atoms with Gasteiger partial charge in [-0.25, -0.2) is 0 Å². The second-order valence-electron chi connectivity index (χ2n) is 5.33. The topological polar surface area (TPSA) is 52.6 Å². The Labute approximate surface area is 143 Å². The molecule has 0 saturated heterocycles. The molecule has 0 unspecified atom stereocenters. The fraction of sp³-hybridized carbons (Fsp3) is 0.875. The number of rotatable bonds is 12. The first kappa shape index (κ1) is 21.5. The van der Waals surface area contributed by atoms with Crippen LogP contribution < -0.4 is 0 Å². The summed E-state index contributed by atoms with van der Waals surface area (Å²) in [4.78, 5) is 23.7. The van der Waals surface area contributed by atoms with Gasteiger partial charge in [-0.3, -0.25) is 9.59 Å². The molecule has 0 spiro atoms. The minimum absolute atomic E-state index is 0.131. The van der Waals surface area contributed by atoms with Gasteiger partial charge in [0.2, 0.25) is 0 Å². The third kappa shape index (κ3) is 7.19. The normalized spacial score (nSPS) is 11.5. The van der Waals surface area contributed by atoms with Gasteiger partial charge in [-0.1, -0.05) is 46.5 Å². The molecule has 0 radical (unpaired) electrons. The van der Waals surface area contributed by atoms with E-state index in [1.807, 2.05) is 0 Å². The summed E-state index contributed by atoms with van der Waals surface area (Å²) >= 11 is 11.1. The molecule has 0 aromatic rings. The molecular formula is C16H28Cl2O4. The quantitative estimate of drug-likeness (QED) is 0.221. The molecule has 0 saturated carbocycles. The van der Waals surface area contributed by atoms with Gasteiger partial charge < -0.3 is 9.47 Å². The minimum Gasteiger partial charge on any atom is -0.465 e. The molecule has 130 valence electrons. The maximum absolute atomic E-state index is 12.3. The molecule has 0 aliphatic carbocycles. The van der Waals surface area contributed by atoms with Crippen LogP contribution in [-0.4, -0.2) is 30.0 Å². The van der Waals surface area contributed by atoms with Crippen molar-refractivity contribution in [2.75, 3.05) is 13.2 Å². The van der Waals surface area contributed by atoms with Crippen molar-refractivity contribution in [2.24, 2.45) is 5.41 Å². The van der Waals surface area contributed by atoms with Crippen LogP contribution in [0.4, 0.5) is 0 Å². The van der Waals surface area contributed by atoms with Crippen molar-refractivity contribution >= 4 is 35.1 Å². The van der Waals surface area contributed by atoms with Crippen molar-refractivity contribution < 1.29 is 19.1 Å². The number of ether oxygens (including phenoxy) is 2. The highest BCUT2D eigenvalue weighted by Gasteiger charge is 2.46. The average Bonchev–Trinajstić information content (AvgIpc) is 2.50. The smallest absolute Gasteiger partial charge is 0.323 e. The van der Waals surface area contributed by atoms with Crippen LogP contribution in [0, 0.1) is 5.41 Å². The van der Waals surface area contributed by atoms with Crippen LogP contribution >= 0.6 is 23.2 Å². The van der Waals surface area contributed by atoms with Crippen LogP contribution in [0.25, 0.3) is 0 Å². The second-order valence-corrected chi connectivity index (χ2v) is 6.61. The van der Waals surface area contributed by atoms with E-state index in [1.165, 1.54) is 12.8 Å². The predicted octanol–water partition coefficient (Wildman–Crippen LogP) is 4.65. The highest BCUT2D eigenvalue weighted by Crippen LogP contribution is 2.30. The molecule has 0 atom stereocenters. The lowest BCUT2D eigenvalue weighted by atomic mass is 9.82. The summed E-state index contributed by atoms with van der Waals surface area (Å²) < 4.78 is 10.3. The first-order chi connectivity index (χ1) is 10.4. The number of hydrogen-bond acceptors (Lipinski definition) is 4. The molecule has 22 heavy (non-hydrogen) atoms. The zero-order valence-electron chi connectivity index (χ0n) is 13.8. The molecule has 0 bridgehead atoms. The lowest BCUT2D eigenvalue weighted by Crippen LogP contribution is -2.41. The van der Waals surface area contributed by atoms with Gasteiger partial charge in [-0.05, 0) is 19.3 Å². The van der Waals surface area contributed by atoms with Gasteiger partial charge in [0.25, 0.3) is 0 Å². The molecule has 0 N–H and O–H groups in total. The Balaban J connectivity index is 4.44. The summed E-state index contributed by atoms with van der Waals surface area (Å²) in [6.45, 7) is 5.90. The van der Waals surface area contributed by atoms with Crippen molar-refractivity contribution in [1.82, 2.24) is 0 Å². The standard InChI is InChI=1S/C16H28Cl2O4/c1-4-7-8-9-10-11-21-14(19)16(5-2,6-3)15(20)22-12-13(17)18/h13H,4-12H2,1-3H3. The Hall–Kier alpha value is -0.480. The molecule has 0 fully saturated rings. The van der Waals surface area contributed by atoms with Crippen molar-refractivity contribution in [3.8, 4) is 0 Å². The SMILES string of the molecule is CCCCCCCOC(=O)C(CC)(CC)C(=O)OCC(Cl)Cl. The average molecular weight is 355 g/mol. The molecule has 0 aromatic carbocycles. The minimum atomic E-state index is -1.26. The van der Waals surface area contributed by atoms with E-state index in [4.69, 9.17) is 32.7 Å². The van der Waals surface area contributed by atoms with Crippen molar-refractivity contribution in [2.45, 2.75) is 70.6 Å². The fourth-order valence-electron chi connectivity index (χ4n) is 2.20. The summed E-state index contributed by atoms with van der Waals surface area (Å²) in [6.07, 6.45) is 5.98. The van der Waals surface area contributed by atoms with E-state index in [0.29, 0.717) is 19.4 Å². The molecular weight excluding hydrogens is 327 g/mol. The van der Waals surface area contributed by atoms with Gasteiger partial charge in [0, 0.05) is 0 Å². The van der Waals surface area contributed by atoms with Crippen molar-refractivity contribution in [3.05, 3.63) is 0 Å². The van der Waals surface area contributed by atoms with E-state index in [0.717, 1.165) is 19.3 Å². The van der Waals surface area contributed by atoms with Gasteiger partial charge in [0.15, 0.2) is 5.41 Å². The fourth-order valence-corrected chi connectivity index (χ4v) is 2.32. The highest BCUT2D eigenvalue weighted by molar-refractivity contribution is 6.44. The van der Waals surface area contributed by atoms with E-state index in [9.17, 15) is 9.59 Å². The third-order valence-corrected chi connectivity index (χ3v) is 4.06. The van der Waals surface area contributed by atoms with Crippen LogP contribution in [0.5, 0.6) is 0 Å². The van der Waals surface area contributed by atoms with E-state index < -0.39 is 22.2 Å². The Morgan fingerprint density at radius 1 is 0.909 bits per heavy atom. The molecule has 6 heteroatoms. The number of alkyl halides is 2. The van der Waals surface area contributed by atoms with Crippen LogP contribution in [-0.2, 0) is 19.1 Å². The predicted molar refractivity (Wildman–Crippen MR) is 89.2 cm³/mol. The largest absolute Gasteiger partial charge is 0.465 e. The van der Waals surface area contributed by atoms with E-state index in [1.54, 1.807) is 13.8 Å². The Morgan fingerprint density at radius 2 is 1.45 bits per heavy atom. The number of halogens is 2. The van der Waals surface area contributed by atoms with Gasteiger partial charge in [0.1, 0.15) is 11.4 Å². The first-order valence-corrected chi connectivity index (χ1v) is 8.94. The number of carbonyl (C=O) groups is 2. The van der Waals surface area contributed by atoms with Crippen LogP contribution in [0.1, 0.15) is 65.7 Å². The number of hydrogen-bond donors (Lipinski definition) is 0. The molecule has 0 rings (SSSR count). The van der Waals surface area contributed by atoms with Gasteiger partial charge >= 0.3 is 11.9 Å². The maximum Gasteiger partial charge on any atom is 0.323 e. The van der Waals surface area contributed by atoms with Crippen molar-refractivity contribution in [1.29, 1.82) is 0 Å². The number of unbranched alkanes of at least 4 members (excludes halogenated alkanes) is 4. The maximum atomic E-state index is 12.3. The summed E-state index contributed by atoms with van der Waals surface area (Å²) in [6, 6.07) is 0. The second kappa shape index (κ2) is 12.0. The first-order valence-electron chi connectivity index (χ1n) is 8.07. The molecule has 0 aliphatic heterocycles. The molecule has 0 aromatic heterocycles. The van der Waals surface area contributed by atoms with Gasteiger partial charge in [-0.15, -0.1) is 23.2 Å². The van der Waals surface area contributed by atoms with E-state index in [-0.39, 0.29) is 6.61 Å². The summed E-state index contributed by atoms with van der Waals surface area (Å²) in [7, 11) is 0. The number of esters is 2. The van der Waals surface area contributed by atoms with Gasteiger partial charge in [0.05, 0.1) is 6.61 Å². The summed E-state index contributed by atoms with van der Waals surface area (Å²) in [5.74, 6) is -1.13. The lowest BCUT2D eigenvalue weighted by Gasteiger charge is -2.27. The Bertz CT molecular complexity index is 328. The Kier molecular flexibility index (Phi) is 11.7. The third-order valence-electron chi connectivity index (χ3n) is 3.81.